The predicted octanol–water partition coefficient (Wildman–Crippen LogP) is 2.35. The molecule has 0 spiro atoms. The smallest absolute Gasteiger partial charge is 0.346 e. The fourth-order valence-corrected chi connectivity index (χ4v) is 1.94. The van der Waals surface area contributed by atoms with Crippen molar-refractivity contribution in [1.82, 2.24) is 0 Å². The molecule has 15 heavy (non-hydrogen) atoms. The quantitative estimate of drug-likeness (QED) is 0.833. The number of carbonyl (C=O) groups is 2. The number of carboxylic acid groups (broad SMARTS) is 1. The number of amides is 1. The van der Waals surface area contributed by atoms with Crippen LogP contribution in [0.15, 0.2) is 6.07 Å². The molecule has 0 aliphatic heterocycles. The highest BCUT2D eigenvalue weighted by molar-refractivity contribution is 7.18. The predicted molar refractivity (Wildman–Crippen MR) is 59.5 cm³/mol. The lowest BCUT2D eigenvalue weighted by Crippen LogP contribution is -2.16. The minimum Gasteiger partial charge on any atom is -0.477 e. The van der Waals surface area contributed by atoms with Gasteiger partial charge in [0.1, 0.15) is 4.88 Å². The third-order valence-electron chi connectivity index (χ3n) is 1.88. The van der Waals surface area contributed by atoms with Crippen LogP contribution >= 0.6 is 11.3 Å². The third-order valence-corrected chi connectivity index (χ3v) is 3.02. The van der Waals surface area contributed by atoms with Crippen molar-refractivity contribution in [3.05, 3.63) is 16.5 Å². The molecule has 1 aromatic rings. The standard InChI is InChI=1S/C10H13NO3S/c1-5(2)9(12)11-7-4-6(3)8(15-7)10(13)14/h4-5H,1-3H3,(H,11,12)(H,13,14). The van der Waals surface area contributed by atoms with Gasteiger partial charge in [-0.2, -0.15) is 0 Å². The molecule has 0 aliphatic rings. The molecule has 0 fully saturated rings. The first-order valence-corrected chi connectivity index (χ1v) is 5.38. The highest BCUT2D eigenvalue weighted by Gasteiger charge is 2.14. The topological polar surface area (TPSA) is 66.4 Å². The van der Waals surface area contributed by atoms with E-state index in [1.165, 1.54) is 0 Å². The van der Waals surface area contributed by atoms with E-state index in [4.69, 9.17) is 5.11 Å². The van der Waals surface area contributed by atoms with Crippen LogP contribution in [0.25, 0.3) is 0 Å². The Labute approximate surface area is 91.9 Å². The molecule has 1 rings (SSSR count). The zero-order valence-corrected chi connectivity index (χ0v) is 9.64. The van der Waals surface area contributed by atoms with Crippen molar-refractivity contribution in [2.45, 2.75) is 20.8 Å². The number of thiophene rings is 1. The number of rotatable bonds is 3. The molecule has 0 saturated heterocycles. The van der Waals surface area contributed by atoms with Gasteiger partial charge in [0, 0.05) is 5.92 Å². The second-order valence-electron chi connectivity index (χ2n) is 3.57. The molecular weight excluding hydrogens is 214 g/mol. The first kappa shape index (κ1) is 11.7. The molecule has 1 heterocycles. The highest BCUT2D eigenvalue weighted by Crippen LogP contribution is 2.26. The van der Waals surface area contributed by atoms with Crippen LogP contribution in [0.2, 0.25) is 0 Å². The zero-order chi connectivity index (χ0) is 11.6. The Morgan fingerprint density at radius 2 is 2.07 bits per heavy atom. The Kier molecular flexibility index (Phi) is 3.47. The van der Waals surface area contributed by atoms with Crippen molar-refractivity contribution < 1.29 is 14.7 Å². The van der Waals surface area contributed by atoms with Gasteiger partial charge in [0.05, 0.1) is 5.00 Å². The number of aromatic carboxylic acids is 1. The summed E-state index contributed by atoms with van der Waals surface area (Å²) in [6.45, 7) is 5.28. The summed E-state index contributed by atoms with van der Waals surface area (Å²) in [7, 11) is 0. The number of hydrogen-bond acceptors (Lipinski definition) is 3. The van der Waals surface area contributed by atoms with Gasteiger partial charge in [0.25, 0.3) is 0 Å². The fraction of sp³-hybridized carbons (Fsp3) is 0.400. The number of carboxylic acids is 1. The Morgan fingerprint density at radius 3 is 2.47 bits per heavy atom. The van der Waals surface area contributed by atoms with Crippen LogP contribution < -0.4 is 5.32 Å². The second-order valence-corrected chi connectivity index (χ2v) is 4.62. The maximum Gasteiger partial charge on any atom is 0.346 e. The van der Waals surface area contributed by atoms with Gasteiger partial charge in [0.2, 0.25) is 5.91 Å². The van der Waals surface area contributed by atoms with Crippen LogP contribution in [0.1, 0.15) is 29.1 Å². The van der Waals surface area contributed by atoms with Crippen LogP contribution in [0.3, 0.4) is 0 Å². The molecule has 0 unspecified atom stereocenters. The maximum absolute atomic E-state index is 11.4. The molecule has 82 valence electrons. The van der Waals surface area contributed by atoms with Gasteiger partial charge in [-0.1, -0.05) is 13.8 Å². The molecule has 0 saturated carbocycles. The SMILES string of the molecule is Cc1cc(NC(=O)C(C)C)sc1C(=O)O. The zero-order valence-electron chi connectivity index (χ0n) is 8.83. The van der Waals surface area contributed by atoms with Gasteiger partial charge in [-0.15, -0.1) is 11.3 Å². The number of nitrogens with one attached hydrogen (secondary N) is 1. The van der Waals surface area contributed by atoms with E-state index in [2.05, 4.69) is 5.32 Å². The Hall–Kier alpha value is -1.36. The Balaban J connectivity index is 2.84. The van der Waals surface area contributed by atoms with Gasteiger partial charge in [-0.3, -0.25) is 4.79 Å². The number of aryl methyl sites for hydroxylation is 1. The minimum absolute atomic E-state index is 0.104. The van der Waals surface area contributed by atoms with Gasteiger partial charge in [-0.25, -0.2) is 4.79 Å². The number of carbonyl (C=O) groups excluding carboxylic acids is 1. The Bertz CT molecular complexity index is 395. The molecule has 0 radical (unpaired) electrons. The van der Waals surface area contributed by atoms with Crippen LogP contribution in [0, 0.1) is 12.8 Å². The van der Waals surface area contributed by atoms with Gasteiger partial charge < -0.3 is 10.4 Å². The van der Waals surface area contributed by atoms with Crippen molar-refractivity contribution in [1.29, 1.82) is 0 Å². The molecule has 1 amide bonds. The van der Waals surface area contributed by atoms with Crippen LogP contribution in [0.5, 0.6) is 0 Å². The second kappa shape index (κ2) is 4.44. The largest absolute Gasteiger partial charge is 0.477 e. The summed E-state index contributed by atoms with van der Waals surface area (Å²) in [4.78, 5) is 22.4. The average Bonchev–Trinajstić information content (AvgIpc) is 2.46. The summed E-state index contributed by atoms with van der Waals surface area (Å²) < 4.78 is 0. The van der Waals surface area contributed by atoms with Crippen molar-refractivity contribution >= 4 is 28.2 Å². The fourth-order valence-electron chi connectivity index (χ4n) is 1.02. The van der Waals surface area contributed by atoms with E-state index in [0.29, 0.717) is 10.6 Å². The number of anilines is 1. The van der Waals surface area contributed by atoms with E-state index >= 15 is 0 Å². The summed E-state index contributed by atoms with van der Waals surface area (Å²) in [5.41, 5.74) is 0.673. The molecule has 0 aliphatic carbocycles. The van der Waals surface area contributed by atoms with Crippen LogP contribution in [0.4, 0.5) is 5.00 Å². The molecule has 0 atom stereocenters. The van der Waals surface area contributed by atoms with Crippen molar-refractivity contribution in [3.8, 4) is 0 Å². The van der Waals surface area contributed by atoms with E-state index in [1.807, 2.05) is 0 Å². The summed E-state index contributed by atoms with van der Waals surface area (Å²) >= 11 is 1.08. The summed E-state index contributed by atoms with van der Waals surface area (Å²) in [5.74, 6) is -1.17. The first-order chi connectivity index (χ1) is 6.91. The van der Waals surface area contributed by atoms with Crippen molar-refractivity contribution in [2.75, 3.05) is 5.32 Å². The molecule has 0 aromatic carbocycles. The lowest BCUT2D eigenvalue weighted by Gasteiger charge is -2.03. The maximum atomic E-state index is 11.4. The van der Waals surface area contributed by atoms with E-state index in [0.717, 1.165) is 11.3 Å². The van der Waals surface area contributed by atoms with Crippen molar-refractivity contribution in [2.24, 2.45) is 5.92 Å². The third kappa shape index (κ3) is 2.79. The van der Waals surface area contributed by atoms with Gasteiger partial charge >= 0.3 is 5.97 Å². The molecule has 1 aromatic heterocycles. The van der Waals surface area contributed by atoms with E-state index in [1.54, 1.807) is 26.8 Å². The van der Waals surface area contributed by atoms with E-state index in [-0.39, 0.29) is 16.7 Å². The van der Waals surface area contributed by atoms with Gasteiger partial charge in [-0.05, 0) is 18.6 Å². The lowest BCUT2D eigenvalue weighted by atomic mass is 10.2. The Morgan fingerprint density at radius 1 is 1.47 bits per heavy atom. The molecule has 2 N–H and O–H groups in total. The monoisotopic (exact) mass is 227 g/mol. The van der Waals surface area contributed by atoms with E-state index in [9.17, 15) is 9.59 Å². The van der Waals surface area contributed by atoms with Crippen LogP contribution in [-0.4, -0.2) is 17.0 Å². The molecule has 5 heteroatoms. The molecular formula is C10H13NO3S. The summed E-state index contributed by atoms with van der Waals surface area (Å²) in [6.07, 6.45) is 0. The molecule has 0 bridgehead atoms. The normalized spacial score (nSPS) is 10.4. The summed E-state index contributed by atoms with van der Waals surface area (Å²) in [5, 5.41) is 12.1. The minimum atomic E-state index is -0.956. The first-order valence-electron chi connectivity index (χ1n) is 4.56. The highest BCUT2D eigenvalue weighted by atomic mass is 32.1. The number of hydrogen-bond donors (Lipinski definition) is 2. The summed E-state index contributed by atoms with van der Waals surface area (Å²) in [6, 6.07) is 1.67. The van der Waals surface area contributed by atoms with E-state index < -0.39 is 5.97 Å². The van der Waals surface area contributed by atoms with Crippen molar-refractivity contribution in [3.63, 3.8) is 0 Å². The average molecular weight is 227 g/mol. The van der Waals surface area contributed by atoms with Gasteiger partial charge in [0.15, 0.2) is 0 Å². The lowest BCUT2D eigenvalue weighted by molar-refractivity contribution is -0.118. The van der Waals surface area contributed by atoms with Crippen LogP contribution in [-0.2, 0) is 4.79 Å². The molecule has 4 nitrogen and oxygen atoms in total.